The van der Waals surface area contributed by atoms with Crippen LogP contribution in [0.25, 0.3) is 0 Å². The van der Waals surface area contributed by atoms with Gasteiger partial charge in [-0.05, 0) is 96.5 Å². The Labute approximate surface area is 206 Å². The number of rotatable bonds is 9. The number of benzene rings is 3. The molecule has 3 rings (SSSR count). The highest BCUT2D eigenvalue weighted by molar-refractivity contribution is 9.10. The Morgan fingerprint density at radius 1 is 1.03 bits per heavy atom. The number of anilines is 2. The number of carbonyl (C=O) groups excluding carboxylic acids is 1. The quantitative estimate of drug-likeness (QED) is 0.354. The summed E-state index contributed by atoms with van der Waals surface area (Å²) < 4.78 is 39.5. The molecule has 10 heteroatoms. The van der Waals surface area contributed by atoms with E-state index < -0.39 is 16.1 Å². The molecule has 0 bridgehead atoms. The van der Waals surface area contributed by atoms with E-state index in [9.17, 15) is 13.2 Å². The van der Waals surface area contributed by atoms with E-state index in [1.165, 1.54) is 24.3 Å². The number of carbonyl (C=O) groups is 1. The Kier molecular flexibility index (Phi) is 8.23. The van der Waals surface area contributed by atoms with Gasteiger partial charge in [0.2, 0.25) is 0 Å². The van der Waals surface area contributed by atoms with Crippen LogP contribution >= 0.6 is 27.5 Å². The van der Waals surface area contributed by atoms with Gasteiger partial charge in [-0.25, -0.2) is 8.42 Å². The lowest BCUT2D eigenvalue weighted by atomic mass is 10.3. The van der Waals surface area contributed by atoms with Crippen LogP contribution in [0.2, 0.25) is 5.02 Å². The van der Waals surface area contributed by atoms with E-state index in [1.807, 2.05) is 6.92 Å². The van der Waals surface area contributed by atoms with Crippen LogP contribution in [0.3, 0.4) is 0 Å². The lowest BCUT2D eigenvalue weighted by molar-refractivity contribution is -0.122. The molecule has 0 radical (unpaired) electrons. The van der Waals surface area contributed by atoms with Crippen LogP contribution in [0.4, 0.5) is 11.4 Å². The normalized spacial score (nSPS) is 12.0. The van der Waals surface area contributed by atoms with E-state index in [1.54, 1.807) is 49.4 Å². The van der Waals surface area contributed by atoms with Crippen LogP contribution in [0, 0.1) is 0 Å². The van der Waals surface area contributed by atoms with Gasteiger partial charge in [0.1, 0.15) is 11.5 Å². The standard InChI is InChI=1S/C23H22BrClN2O5S/c1-3-31-19-9-5-18(6-10-19)27-33(29,30)20-11-7-17(8-12-20)26-23(28)15(2)32-22-13-4-16(25)14-21(22)24/h4-15,27H,3H2,1-2H3,(H,26,28). The minimum atomic E-state index is -3.79. The molecule has 1 atom stereocenters. The molecule has 1 unspecified atom stereocenters. The van der Waals surface area contributed by atoms with E-state index in [0.29, 0.717) is 39.0 Å². The lowest BCUT2D eigenvalue weighted by Gasteiger charge is -2.16. The van der Waals surface area contributed by atoms with Crippen molar-refractivity contribution in [3.05, 3.63) is 76.2 Å². The number of hydrogen-bond acceptors (Lipinski definition) is 5. The van der Waals surface area contributed by atoms with Gasteiger partial charge in [-0.15, -0.1) is 0 Å². The van der Waals surface area contributed by atoms with Crippen LogP contribution in [-0.2, 0) is 14.8 Å². The Bertz CT molecular complexity index is 1220. The topological polar surface area (TPSA) is 93.7 Å². The van der Waals surface area contributed by atoms with Crippen molar-refractivity contribution in [3.8, 4) is 11.5 Å². The number of sulfonamides is 1. The van der Waals surface area contributed by atoms with Gasteiger partial charge < -0.3 is 14.8 Å². The van der Waals surface area contributed by atoms with Gasteiger partial charge in [-0.2, -0.15) is 0 Å². The fourth-order valence-corrected chi connectivity index (χ4v) is 4.61. The first kappa shape index (κ1) is 24.9. The molecule has 33 heavy (non-hydrogen) atoms. The van der Waals surface area contributed by atoms with Gasteiger partial charge in [-0.3, -0.25) is 9.52 Å². The highest BCUT2D eigenvalue weighted by atomic mass is 79.9. The summed E-state index contributed by atoms with van der Waals surface area (Å²) in [7, 11) is -3.79. The number of hydrogen-bond donors (Lipinski definition) is 2. The summed E-state index contributed by atoms with van der Waals surface area (Å²) in [6.45, 7) is 4.00. The predicted molar refractivity (Wildman–Crippen MR) is 133 cm³/mol. The van der Waals surface area contributed by atoms with Crippen molar-refractivity contribution < 1.29 is 22.7 Å². The average Bonchev–Trinajstić information content (AvgIpc) is 2.77. The van der Waals surface area contributed by atoms with Crippen LogP contribution in [0.1, 0.15) is 13.8 Å². The average molecular weight is 554 g/mol. The molecule has 3 aromatic carbocycles. The Balaban J connectivity index is 1.62. The number of ether oxygens (including phenoxy) is 2. The molecule has 7 nitrogen and oxygen atoms in total. The van der Waals surface area contributed by atoms with Crippen LogP contribution in [0.15, 0.2) is 76.1 Å². The van der Waals surface area contributed by atoms with Gasteiger partial charge >= 0.3 is 0 Å². The van der Waals surface area contributed by atoms with E-state index in [-0.39, 0.29) is 10.8 Å². The smallest absolute Gasteiger partial charge is 0.265 e. The van der Waals surface area contributed by atoms with E-state index >= 15 is 0 Å². The maximum Gasteiger partial charge on any atom is 0.265 e. The first-order valence-corrected chi connectivity index (χ1v) is 12.6. The fraction of sp³-hybridized carbons (Fsp3) is 0.174. The molecule has 174 valence electrons. The third kappa shape index (κ3) is 6.86. The lowest BCUT2D eigenvalue weighted by Crippen LogP contribution is -2.30. The summed E-state index contributed by atoms with van der Waals surface area (Å²) >= 11 is 9.26. The molecular formula is C23H22BrClN2O5S. The number of nitrogens with one attached hydrogen (secondary N) is 2. The largest absolute Gasteiger partial charge is 0.494 e. The molecule has 0 aliphatic carbocycles. The predicted octanol–water partition coefficient (Wildman–Crippen LogP) is 5.71. The summed E-state index contributed by atoms with van der Waals surface area (Å²) in [5.74, 6) is 0.742. The van der Waals surface area contributed by atoms with Gasteiger partial charge in [0.05, 0.1) is 16.0 Å². The van der Waals surface area contributed by atoms with E-state index in [2.05, 4.69) is 26.0 Å². The van der Waals surface area contributed by atoms with E-state index in [0.717, 1.165) is 0 Å². The van der Waals surface area contributed by atoms with Gasteiger partial charge in [0.15, 0.2) is 6.10 Å². The molecule has 0 saturated heterocycles. The highest BCUT2D eigenvalue weighted by Crippen LogP contribution is 2.29. The van der Waals surface area contributed by atoms with Crippen molar-refractivity contribution in [1.29, 1.82) is 0 Å². The van der Waals surface area contributed by atoms with Gasteiger partial charge in [0, 0.05) is 16.4 Å². The van der Waals surface area contributed by atoms with Crippen molar-refractivity contribution in [1.82, 2.24) is 0 Å². The van der Waals surface area contributed by atoms with E-state index in [4.69, 9.17) is 21.1 Å². The Morgan fingerprint density at radius 3 is 2.27 bits per heavy atom. The molecule has 1 amide bonds. The summed E-state index contributed by atoms with van der Waals surface area (Å²) in [6.07, 6.45) is -0.799. The second-order valence-electron chi connectivity index (χ2n) is 6.91. The molecule has 0 heterocycles. The molecule has 0 fully saturated rings. The summed E-state index contributed by atoms with van der Waals surface area (Å²) in [5, 5.41) is 3.25. The fourth-order valence-electron chi connectivity index (χ4n) is 2.78. The zero-order chi connectivity index (χ0) is 24.0. The number of halogens is 2. The molecule has 0 aliphatic heterocycles. The zero-order valence-electron chi connectivity index (χ0n) is 17.8. The molecule has 0 aliphatic rings. The molecule has 0 saturated carbocycles. The van der Waals surface area contributed by atoms with Crippen LogP contribution in [0.5, 0.6) is 11.5 Å². The molecule has 0 aromatic heterocycles. The van der Waals surface area contributed by atoms with Crippen molar-refractivity contribution in [3.63, 3.8) is 0 Å². The first-order valence-electron chi connectivity index (χ1n) is 9.96. The summed E-state index contributed by atoms with van der Waals surface area (Å²) in [4.78, 5) is 12.5. The minimum Gasteiger partial charge on any atom is -0.494 e. The van der Waals surface area contributed by atoms with Gasteiger partial charge in [-0.1, -0.05) is 11.6 Å². The molecular weight excluding hydrogens is 532 g/mol. The van der Waals surface area contributed by atoms with Crippen LogP contribution in [-0.4, -0.2) is 27.0 Å². The number of amides is 1. The van der Waals surface area contributed by atoms with Crippen molar-refractivity contribution in [2.75, 3.05) is 16.6 Å². The second kappa shape index (κ2) is 10.9. The maximum absolute atomic E-state index is 12.6. The maximum atomic E-state index is 12.6. The monoisotopic (exact) mass is 552 g/mol. The van der Waals surface area contributed by atoms with Crippen LogP contribution < -0.4 is 19.5 Å². The van der Waals surface area contributed by atoms with Crippen molar-refractivity contribution in [2.24, 2.45) is 0 Å². The molecule has 0 spiro atoms. The van der Waals surface area contributed by atoms with Crippen molar-refractivity contribution >= 4 is 54.8 Å². The molecule has 2 N–H and O–H groups in total. The Hall–Kier alpha value is -2.75. The first-order chi connectivity index (χ1) is 15.7. The van der Waals surface area contributed by atoms with Crippen molar-refractivity contribution in [2.45, 2.75) is 24.8 Å². The highest BCUT2D eigenvalue weighted by Gasteiger charge is 2.18. The summed E-state index contributed by atoms with van der Waals surface area (Å²) in [5.41, 5.74) is 0.848. The third-order valence-corrected chi connectivity index (χ3v) is 6.67. The zero-order valence-corrected chi connectivity index (χ0v) is 21.0. The minimum absolute atomic E-state index is 0.0591. The Morgan fingerprint density at radius 2 is 1.67 bits per heavy atom. The second-order valence-corrected chi connectivity index (χ2v) is 9.88. The third-order valence-electron chi connectivity index (χ3n) is 4.42. The summed E-state index contributed by atoms with van der Waals surface area (Å²) in [6, 6.07) is 17.4. The SMILES string of the molecule is CCOc1ccc(NS(=O)(=O)c2ccc(NC(=O)C(C)Oc3ccc(Cl)cc3Br)cc2)cc1. The molecule has 3 aromatic rings. The van der Waals surface area contributed by atoms with Gasteiger partial charge in [0.25, 0.3) is 15.9 Å².